The zero-order valence-corrected chi connectivity index (χ0v) is 17.0. The van der Waals surface area contributed by atoms with Gasteiger partial charge < -0.3 is 10.7 Å². The number of aromatic amines is 1. The number of benzene rings is 2. The van der Waals surface area contributed by atoms with Crippen molar-refractivity contribution in [1.29, 1.82) is 0 Å². The molecule has 5 rings (SSSR count). The average molecular weight is 410 g/mol. The summed E-state index contributed by atoms with van der Waals surface area (Å²) in [6, 6.07) is 17.3. The molecule has 31 heavy (non-hydrogen) atoms. The van der Waals surface area contributed by atoms with Crippen LogP contribution in [0.25, 0.3) is 22.8 Å². The summed E-state index contributed by atoms with van der Waals surface area (Å²) in [4.78, 5) is 31.6. The first-order valence-corrected chi connectivity index (χ1v) is 10.2. The molecule has 0 fully saturated rings. The number of rotatable bonds is 4. The number of hydrogen-bond acceptors (Lipinski definition) is 6. The lowest BCUT2D eigenvalue weighted by Crippen LogP contribution is -2.35. The van der Waals surface area contributed by atoms with Crippen LogP contribution >= 0.6 is 0 Å². The molecule has 0 radical (unpaired) electrons. The number of nitrogens with zero attached hydrogens (tertiary/aromatic N) is 4. The summed E-state index contributed by atoms with van der Waals surface area (Å²) in [6.07, 6.45) is 4.44. The summed E-state index contributed by atoms with van der Waals surface area (Å²) >= 11 is 0. The molecule has 1 aliphatic heterocycles. The van der Waals surface area contributed by atoms with Gasteiger partial charge in [0.05, 0.1) is 11.3 Å². The van der Waals surface area contributed by atoms with Crippen LogP contribution in [0.3, 0.4) is 0 Å². The van der Waals surface area contributed by atoms with Crippen molar-refractivity contribution in [3.05, 3.63) is 94.2 Å². The first-order valence-electron chi connectivity index (χ1n) is 10.2. The van der Waals surface area contributed by atoms with Crippen molar-refractivity contribution in [1.82, 2.24) is 24.8 Å². The average Bonchev–Trinajstić information content (AvgIpc) is 2.81. The quantitative estimate of drug-likeness (QED) is 0.502. The van der Waals surface area contributed by atoms with E-state index in [2.05, 4.69) is 19.9 Å². The van der Waals surface area contributed by atoms with Gasteiger partial charge in [-0.2, -0.15) is 0 Å². The van der Waals surface area contributed by atoms with Gasteiger partial charge in [0.2, 0.25) is 0 Å². The lowest BCUT2D eigenvalue weighted by molar-refractivity contribution is 0.241. The van der Waals surface area contributed by atoms with E-state index in [1.165, 1.54) is 0 Å². The Morgan fingerprint density at radius 2 is 1.71 bits per heavy atom. The van der Waals surface area contributed by atoms with Crippen molar-refractivity contribution in [3.8, 4) is 22.8 Å². The van der Waals surface area contributed by atoms with Crippen LogP contribution in [0.15, 0.2) is 71.8 Å². The van der Waals surface area contributed by atoms with Crippen LogP contribution in [0.4, 0.5) is 5.69 Å². The van der Waals surface area contributed by atoms with Crippen molar-refractivity contribution in [2.24, 2.45) is 0 Å². The Hall–Kier alpha value is -3.84. The van der Waals surface area contributed by atoms with Gasteiger partial charge >= 0.3 is 0 Å². The van der Waals surface area contributed by atoms with Crippen LogP contribution in [0.2, 0.25) is 0 Å². The Labute approximate surface area is 179 Å². The Balaban J connectivity index is 1.32. The number of fused-ring (bicyclic) bond motifs is 1. The van der Waals surface area contributed by atoms with Gasteiger partial charge in [-0.15, -0.1) is 0 Å². The highest BCUT2D eigenvalue weighted by Gasteiger charge is 2.22. The number of nitrogens with one attached hydrogen (secondary N) is 1. The first kappa shape index (κ1) is 19.1. The minimum Gasteiger partial charge on any atom is -0.399 e. The lowest BCUT2D eigenvalue weighted by Gasteiger charge is -2.27. The van der Waals surface area contributed by atoms with E-state index < -0.39 is 0 Å². The summed E-state index contributed by atoms with van der Waals surface area (Å²) in [6.45, 7) is 2.07. The van der Waals surface area contributed by atoms with Gasteiger partial charge in [0.15, 0.2) is 5.82 Å². The molecule has 4 aromatic rings. The van der Waals surface area contributed by atoms with Crippen molar-refractivity contribution in [3.63, 3.8) is 0 Å². The zero-order chi connectivity index (χ0) is 21.2. The third-order valence-electron chi connectivity index (χ3n) is 5.48. The Kier molecular flexibility index (Phi) is 5.01. The summed E-state index contributed by atoms with van der Waals surface area (Å²) in [5.41, 5.74) is 10.8. The molecule has 1 aliphatic rings. The second kappa shape index (κ2) is 8.12. The van der Waals surface area contributed by atoms with E-state index in [0.29, 0.717) is 30.4 Å². The highest BCUT2D eigenvalue weighted by atomic mass is 16.1. The molecule has 3 N–H and O–H groups in total. The van der Waals surface area contributed by atoms with Gasteiger partial charge in [-0.25, -0.2) is 15.0 Å². The SMILES string of the molecule is Nc1ccc(-c2nc3c(c(=O)[nH]2)CN(Cc2cnc(-c4ccccc4)nc2)CC3)cc1. The Morgan fingerprint density at radius 3 is 2.45 bits per heavy atom. The molecule has 7 nitrogen and oxygen atoms in total. The fourth-order valence-electron chi connectivity index (χ4n) is 3.82. The normalized spacial score (nSPS) is 13.7. The molecule has 0 amide bonds. The predicted molar refractivity (Wildman–Crippen MR) is 120 cm³/mol. The first-order chi connectivity index (χ1) is 15.2. The van der Waals surface area contributed by atoms with Crippen LogP contribution in [-0.2, 0) is 19.5 Å². The van der Waals surface area contributed by atoms with Gasteiger partial charge in [-0.05, 0) is 24.3 Å². The van der Waals surface area contributed by atoms with Crippen LogP contribution < -0.4 is 11.3 Å². The zero-order valence-electron chi connectivity index (χ0n) is 17.0. The molecule has 3 heterocycles. The maximum atomic E-state index is 12.8. The van der Waals surface area contributed by atoms with Gasteiger partial charge in [0, 0.05) is 60.8 Å². The highest BCUT2D eigenvalue weighted by molar-refractivity contribution is 5.59. The van der Waals surface area contributed by atoms with E-state index >= 15 is 0 Å². The number of anilines is 1. The van der Waals surface area contributed by atoms with Crippen LogP contribution in [0.1, 0.15) is 16.8 Å². The molecule has 0 aliphatic carbocycles. The lowest BCUT2D eigenvalue weighted by atomic mass is 10.1. The monoisotopic (exact) mass is 410 g/mol. The maximum absolute atomic E-state index is 12.8. The van der Waals surface area contributed by atoms with Crippen molar-refractivity contribution < 1.29 is 0 Å². The Morgan fingerprint density at radius 1 is 0.968 bits per heavy atom. The number of H-pyrrole nitrogens is 1. The minimum atomic E-state index is -0.0859. The van der Waals surface area contributed by atoms with Crippen LogP contribution in [0, 0.1) is 0 Å². The smallest absolute Gasteiger partial charge is 0.255 e. The van der Waals surface area contributed by atoms with Crippen molar-refractivity contribution in [2.45, 2.75) is 19.5 Å². The largest absolute Gasteiger partial charge is 0.399 e. The molecule has 0 bridgehead atoms. The van der Waals surface area contributed by atoms with E-state index in [0.717, 1.165) is 40.9 Å². The third-order valence-corrected chi connectivity index (χ3v) is 5.48. The van der Waals surface area contributed by atoms with Crippen molar-refractivity contribution >= 4 is 5.69 Å². The van der Waals surface area contributed by atoms with Gasteiger partial charge in [0.25, 0.3) is 5.56 Å². The number of aromatic nitrogens is 4. The van der Waals surface area contributed by atoms with Gasteiger partial charge in [-0.3, -0.25) is 9.69 Å². The minimum absolute atomic E-state index is 0.0859. The van der Waals surface area contributed by atoms with E-state index in [1.54, 1.807) is 0 Å². The molecule has 7 heteroatoms. The van der Waals surface area contributed by atoms with Crippen LogP contribution in [0.5, 0.6) is 0 Å². The number of nitrogen functional groups attached to an aromatic ring is 1. The van der Waals surface area contributed by atoms with Gasteiger partial charge in [-0.1, -0.05) is 30.3 Å². The summed E-state index contributed by atoms with van der Waals surface area (Å²) in [5.74, 6) is 1.30. The second-order valence-corrected chi connectivity index (χ2v) is 7.70. The molecular formula is C24H22N6O. The maximum Gasteiger partial charge on any atom is 0.255 e. The predicted octanol–water partition coefficient (Wildman–Crippen LogP) is 3.03. The number of hydrogen-bond donors (Lipinski definition) is 2. The van der Waals surface area contributed by atoms with Gasteiger partial charge in [0.1, 0.15) is 5.82 Å². The van der Waals surface area contributed by atoms with E-state index in [9.17, 15) is 4.79 Å². The van der Waals surface area contributed by atoms with Crippen LogP contribution in [-0.4, -0.2) is 31.4 Å². The molecule has 0 saturated carbocycles. The summed E-state index contributed by atoms with van der Waals surface area (Å²) in [5, 5.41) is 0. The standard InChI is InChI=1S/C24H22N6O/c25-19-8-6-18(7-9-19)23-28-21-10-11-30(15-20(21)24(31)29-23)14-16-12-26-22(27-13-16)17-4-2-1-3-5-17/h1-9,12-13H,10-11,14-15,25H2,(H,28,29,31). The van der Waals surface area contributed by atoms with Crippen molar-refractivity contribution in [2.75, 3.05) is 12.3 Å². The molecule has 0 spiro atoms. The number of nitrogens with two attached hydrogens (primary N) is 1. The fraction of sp³-hybridized carbons (Fsp3) is 0.167. The highest BCUT2D eigenvalue weighted by Crippen LogP contribution is 2.21. The summed E-state index contributed by atoms with van der Waals surface area (Å²) < 4.78 is 0. The molecule has 154 valence electrons. The fourth-order valence-corrected chi connectivity index (χ4v) is 3.82. The molecule has 0 unspecified atom stereocenters. The third kappa shape index (κ3) is 4.08. The molecule has 0 saturated heterocycles. The second-order valence-electron chi connectivity index (χ2n) is 7.70. The Bertz CT molecular complexity index is 1250. The topological polar surface area (TPSA) is 101 Å². The van der Waals surface area contributed by atoms with E-state index in [-0.39, 0.29) is 5.56 Å². The molecule has 2 aromatic carbocycles. The molecule has 2 aromatic heterocycles. The summed E-state index contributed by atoms with van der Waals surface area (Å²) in [7, 11) is 0. The van der Waals surface area contributed by atoms with E-state index in [4.69, 9.17) is 10.7 Å². The van der Waals surface area contributed by atoms with E-state index in [1.807, 2.05) is 67.0 Å². The molecular weight excluding hydrogens is 388 g/mol. The molecule has 0 atom stereocenters.